The second-order valence-electron chi connectivity index (χ2n) is 5.63. The monoisotopic (exact) mass is 404 g/mol. The summed E-state index contributed by atoms with van der Waals surface area (Å²) < 4.78 is 5.68. The zero-order valence-corrected chi connectivity index (χ0v) is 16.7. The average molecular weight is 405 g/mol. The van der Waals surface area contributed by atoms with Crippen LogP contribution in [0.5, 0.6) is 5.75 Å². The van der Waals surface area contributed by atoms with E-state index in [2.05, 4.69) is 5.32 Å². The van der Waals surface area contributed by atoms with Crippen molar-refractivity contribution < 1.29 is 9.53 Å². The summed E-state index contributed by atoms with van der Waals surface area (Å²) in [6, 6.07) is 13.1. The lowest BCUT2D eigenvalue weighted by atomic mass is 10.2. The van der Waals surface area contributed by atoms with Gasteiger partial charge in [0.2, 0.25) is 0 Å². The van der Waals surface area contributed by atoms with E-state index in [-0.39, 0.29) is 5.91 Å². The summed E-state index contributed by atoms with van der Waals surface area (Å²) in [5, 5.41) is 3.91. The summed E-state index contributed by atoms with van der Waals surface area (Å²) in [6.07, 6.45) is 1.84. The van der Waals surface area contributed by atoms with E-state index < -0.39 is 0 Å². The molecule has 0 spiro atoms. The molecule has 1 fully saturated rings. The lowest BCUT2D eigenvalue weighted by Crippen LogP contribution is -2.33. The van der Waals surface area contributed by atoms with Crippen LogP contribution < -0.4 is 10.1 Å². The summed E-state index contributed by atoms with van der Waals surface area (Å²) in [7, 11) is 1.62. The number of carbonyl (C=O) groups is 1. The van der Waals surface area contributed by atoms with Crippen molar-refractivity contribution in [1.29, 1.82) is 0 Å². The van der Waals surface area contributed by atoms with E-state index in [1.54, 1.807) is 12.0 Å². The van der Waals surface area contributed by atoms with Crippen LogP contribution in [0, 0.1) is 6.92 Å². The molecule has 7 heteroatoms. The molecule has 1 saturated heterocycles. The van der Waals surface area contributed by atoms with E-state index in [9.17, 15) is 4.79 Å². The number of thiocarbonyl (C=S) groups is 1. The van der Waals surface area contributed by atoms with Crippen molar-refractivity contribution in [3.05, 3.63) is 63.5 Å². The molecule has 0 unspecified atom stereocenters. The minimum Gasteiger partial charge on any atom is -0.497 e. The van der Waals surface area contributed by atoms with E-state index in [1.807, 2.05) is 55.5 Å². The van der Waals surface area contributed by atoms with Gasteiger partial charge in [-0.25, -0.2) is 0 Å². The van der Waals surface area contributed by atoms with Crippen molar-refractivity contribution in [2.45, 2.75) is 6.92 Å². The van der Waals surface area contributed by atoms with Gasteiger partial charge in [-0.05, 0) is 48.4 Å². The van der Waals surface area contributed by atoms with Gasteiger partial charge in [-0.2, -0.15) is 0 Å². The van der Waals surface area contributed by atoms with E-state index in [4.69, 9.17) is 28.6 Å². The molecule has 0 bridgehead atoms. The molecule has 0 aromatic heterocycles. The summed E-state index contributed by atoms with van der Waals surface area (Å²) in [6.45, 7) is 2.23. The van der Waals surface area contributed by atoms with Crippen LogP contribution in [0.15, 0.2) is 47.4 Å². The summed E-state index contributed by atoms with van der Waals surface area (Å²) >= 11 is 12.8. The van der Waals surface area contributed by atoms with Crippen LogP contribution in [0.3, 0.4) is 0 Å². The standard InChI is InChI=1S/C19H17ClN2O2S2/c1-12-15(20)4-3-5-16(12)21-11-22-18(23)17(26-19(22)25)10-13-6-8-14(24-2)9-7-13/h3-10,21H,11H2,1-2H3/b17-10+. The molecular formula is C19H17ClN2O2S2. The molecule has 0 saturated carbocycles. The number of hydrogen-bond donors (Lipinski definition) is 1. The van der Waals surface area contributed by atoms with Gasteiger partial charge in [0, 0.05) is 10.7 Å². The highest BCUT2D eigenvalue weighted by atomic mass is 35.5. The number of methoxy groups -OCH3 is 1. The molecule has 0 aliphatic carbocycles. The van der Waals surface area contributed by atoms with Crippen LogP contribution in [-0.2, 0) is 4.79 Å². The molecule has 2 aromatic carbocycles. The fourth-order valence-electron chi connectivity index (χ4n) is 2.45. The number of nitrogens with zero attached hydrogens (tertiary/aromatic N) is 1. The third-order valence-electron chi connectivity index (χ3n) is 3.98. The first-order chi connectivity index (χ1) is 12.5. The molecule has 1 amide bonds. The van der Waals surface area contributed by atoms with Gasteiger partial charge in [-0.15, -0.1) is 0 Å². The first-order valence-corrected chi connectivity index (χ1v) is 9.48. The third kappa shape index (κ3) is 4.03. The van der Waals surface area contributed by atoms with Crippen LogP contribution in [0.25, 0.3) is 6.08 Å². The summed E-state index contributed by atoms with van der Waals surface area (Å²) in [5.41, 5.74) is 2.74. The van der Waals surface area contributed by atoms with Crippen LogP contribution in [0.4, 0.5) is 5.69 Å². The molecule has 1 heterocycles. The Hall–Kier alpha value is -2.02. The first kappa shape index (κ1) is 18.8. The first-order valence-electron chi connectivity index (χ1n) is 7.88. The third-order valence-corrected chi connectivity index (χ3v) is 5.77. The topological polar surface area (TPSA) is 41.6 Å². The maximum atomic E-state index is 12.7. The van der Waals surface area contributed by atoms with Gasteiger partial charge < -0.3 is 10.1 Å². The van der Waals surface area contributed by atoms with Crippen molar-refractivity contribution >= 4 is 57.6 Å². The van der Waals surface area contributed by atoms with Crippen LogP contribution >= 0.6 is 35.6 Å². The largest absolute Gasteiger partial charge is 0.497 e. The van der Waals surface area contributed by atoms with Gasteiger partial charge in [-0.3, -0.25) is 9.69 Å². The fourth-order valence-corrected chi connectivity index (χ4v) is 3.88. The average Bonchev–Trinajstić information content (AvgIpc) is 2.90. The highest BCUT2D eigenvalue weighted by molar-refractivity contribution is 8.26. The smallest absolute Gasteiger partial charge is 0.267 e. The fraction of sp³-hybridized carbons (Fsp3) is 0.158. The van der Waals surface area contributed by atoms with Crippen LogP contribution in [0.1, 0.15) is 11.1 Å². The van der Waals surface area contributed by atoms with Gasteiger partial charge in [0.05, 0.1) is 18.7 Å². The van der Waals surface area contributed by atoms with Crippen LogP contribution in [-0.4, -0.2) is 28.9 Å². The minimum atomic E-state index is -0.108. The molecular weight excluding hydrogens is 388 g/mol. The van der Waals surface area contributed by atoms with Crippen molar-refractivity contribution in [2.75, 3.05) is 19.1 Å². The predicted molar refractivity (Wildman–Crippen MR) is 113 cm³/mol. The molecule has 1 aliphatic rings. The minimum absolute atomic E-state index is 0.108. The molecule has 1 N–H and O–H groups in total. The molecule has 3 rings (SSSR count). The molecule has 0 radical (unpaired) electrons. The van der Waals surface area contributed by atoms with Crippen molar-refractivity contribution in [3.63, 3.8) is 0 Å². The van der Waals surface area contributed by atoms with E-state index in [0.29, 0.717) is 20.9 Å². The maximum Gasteiger partial charge on any atom is 0.267 e. The molecule has 4 nitrogen and oxygen atoms in total. The molecule has 134 valence electrons. The highest BCUT2D eigenvalue weighted by Crippen LogP contribution is 2.33. The number of thioether (sulfide) groups is 1. The number of anilines is 1. The van der Waals surface area contributed by atoms with Gasteiger partial charge in [0.15, 0.2) is 0 Å². The lowest BCUT2D eigenvalue weighted by molar-refractivity contribution is -0.121. The molecule has 2 aromatic rings. The Balaban J connectivity index is 1.72. The number of ether oxygens (including phenoxy) is 1. The Morgan fingerprint density at radius 1 is 1.27 bits per heavy atom. The molecule has 1 aliphatic heterocycles. The Morgan fingerprint density at radius 3 is 2.69 bits per heavy atom. The number of rotatable bonds is 5. The van der Waals surface area contributed by atoms with Gasteiger partial charge in [0.1, 0.15) is 10.1 Å². The number of nitrogens with one attached hydrogen (secondary N) is 1. The molecule has 0 atom stereocenters. The Bertz CT molecular complexity index is 882. The normalized spacial score (nSPS) is 15.7. The maximum absolute atomic E-state index is 12.7. The predicted octanol–water partition coefficient (Wildman–Crippen LogP) is 4.93. The summed E-state index contributed by atoms with van der Waals surface area (Å²) in [5.74, 6) is 0.666. The van der Waals surface area contributed by atoms with Gasteiger partial charge >= 0.3 is 0 Å². The van der Waals surface area contributed by atoms with Gasteiger partial charge in [-0.1, -0.05) is 53.8 Å². The highest BCUT2D eigenvalue weighted by Gasteiger charge is 2.31. The second kappa shape index (κ2) is 8.12. The van der Waals surface area contributed by atoms with E-state index >= 15 is 0 Å². The van der Waals surface area contributed by atoms with Crippen molar-refractivity contribution in [3.8, 4) is 5.75 Å². The Morgan fingerprint density at radius 2 is 2.00 bits per heavy atom. The zero-order chi connectivity index (χ0) is 18.7. The van der Waals surface area contributed by atoms with Crippen molar-refractivity contribution in [1.82, 2.24) is 4.90 Å². The SMILES string of the molecule is COc1ccc(/C=C2/SC(=S)N(CNc3cccc(Cl)c3C)C2=O)cc1. The van der Waals surface area contributed by atoms with Crippen molar-refractivity contribution in [2.24, 2.45) is 0 Å². The summed E-state index contributed by atoms with van der Waals surface area (Å²) in [4.78, 5) is 14.8. The Kier molecular flexibility index (Phi) is 5.86. The van der Waals surface area contributed by atoms with Gasteiger partial charge in [0.25, 0.3) is 5.91 Å². The number of benzene rings is 2. The number of amides is 1. The lowest BCUT2D eigenvalue weighted by Gasteiger charge is -2.17. The second-order valence-corrected chi connectivity index (χ2v) is 7.71. The van der Waals surface area contributed by atoms with E-state index in [0.717, 1.165) is 22.6 Å². The van der Waals surface area contributed by atoms with Crippen LogP contribution in [0.2, 0.25) is 5.02 Å². The molecule has 26 heavy (non-hydrogen) atoms. The quantitative estimate of drug-likeness (QED) is 0.565. The Labute approximate surface area is 167 Å². The zero-order valence-electron chi connectivity index (χ0n) is 14.3. The number of carbonyl (C=O) groups excluding carboxylic acids is 1. The van der Waals surface area contributed by atoms with E-state index in [1.165, 1.54) is 11.8 Å². The number of halogens is 1. The number of hydrogen-bond acceptors (Lipinski definition) is 5.